The number of piperazine rings is 6. The Kier molecular flexibility index (Phi) is 6.43. The van der Waals surface area contributed by atoms with Crippen LogP contribution >= 0.6 is 0 Å². The summed E-state index contributed by atoms with van der Waals surface area (Å²) in [5, 5.41) is 0. The quantitative estimate of drug-likeness (QED) is 0.360. The predicted molar refractivity (Wildman–Crippen MR) is 81.6 cm³/mol. The van der Waals surface area contributed by atoms with E-state index in [2.05, 4.69) is 9.80 Å². The second-order valence-electron chi connectivity index (χ2n) is 7.86. The van der Waals surface area contributed by atoms with Crippen molar-refractivity contribution in [1.29, 1.82) is 0 Å². The standard InChI is InChI=1S/C16H32N4.2ClH/c1(9-19-11-3-17(4-12-19)5-13-19)2-10-20-14-6-18(7-15-20)8-16-20;;/h1-16H2;2*1H/q+2;;/p-2. The van der Waals surface area contributed by atoms with Gasteiger partial charge in [0.2, 0.25) is 0 Å². The van der Waals surface area contributed by atoms with Crippen LogP contribution in [-0.4, -0.2) is 110 Å². The van der Waals surface area contributed by atoms with Gasteiger partial charge in [0, 0.05) is 52.1 Å². The van der Waals surface area contributed by atoms with Crippen LogP contribution in [0.5, 0.6) is 0 Å². The average Bonchev–Trinajstić information content (AvgIpc) is 2.55. The molecule has 6 rings (SSSR count). The highest BCUT2D eigenvalue weighted by atomic mass is 35.5. The Morgan fingerprint density at radius 3 is 1.05 bits per heavy atom. The lowest BCUT2D eigenvalue weighted by Crippen LogP contribution is -3.00. The number of unbranched alkanes of at least 4 members (excludes halogenated alkanes) is 1. The molecule has 0 amide bonds. The van der Waals surface area contributed by atoms with Crippen LogP contribution in [0, 0.1) is 0 Å². The minimum Gasteiger partial charge on any atom is -1.00 e. The largest absolute Gasteiger partial charge is 1.00 e. The summed E-state index contributed by atoms with van der Waals surface area (Å²) in [5.41, 5.74) is 0. The second-order valence-corrected chi connectivity index (χ2v) is 7.86. The van der Waals surface area contributed by atoms with Gasteiger partial charge in [0.25, 0.3) is 0 Å². The molecular weight excluding hydrogens is 319 g/mol. The maximum atomic E-state index is 2.66. The SMILES string of the molecule is C(CC[N+]12CCN(CC1)CC2)C[N+]12CCN(CC1)CC2.[Cl-].[Cl-]. The number of hydrogen-bond acceptors (Lipinski definition) is 2. The molecule has 4 nitrogen and oxygen atoms in total. The fourth-order valence-electron chi connectivity index (χ4n) is 5.03. The number of nitrogens with zero attached hydrogens (tertiary/aromatic N) is 4. The summed E-state index contributed by atoms with van der Waals surface area (Å²) in [4.78, 5) is 5.32. The predicted octanol–water partition coefficient (Wildman–Crippen LogP) is -5.93. The van der Waals surface area contributed by atoms with Gasteiger partial charge >= 0.3 is 0 Å². The molecule has 0 radical (unpaired) electrons. The van der Waals surface area contributed by atoms with Crippen LogP contribution in [-0.2, 0) is 0 Å². The van der Waals surface area contributed by atoms with Crippen molar-refractivity contribution in [3.63, 3.8) is 0 Å². The Hall–Kier alpha value is 0.420. The van der Waals surface area contributed by atoms with Gasteiger partial charge in [-0.3, -0.25) is 9.80 Å². The van der Waals surface area contributed by atoms with E-state index in [1.165, 1.54) is 113 Å². The van der Waals surface area contributed by atoms with Crippen molar-refractivity contribution in [2.45, 2.75) is 12.8 Å². The van der Waals surface area contributed by atoms with Crippen LogP contribution in [0.1, 0.15) is 12.8 Å². The molecule has 6 saturated heterocycles. The number of rotatable bonds is 5. The van der Waals surface area contributed by atoms with Crippen LogP contribution in [0.15, 0.2) is 0 Å². The molecule has 0 atom stereocenters. The maximum absolute atomic E-state index is 2.66. The van der Waals surface area contributed by atoms with Crippen molar-refractivity contribution in [2.75, 3.05) is 91.6 Å². The van der Waals surface area contributed by atoms with Gasteiger partial charge < -0.3 is 33.8 Å². The van der Waals surface area contributed by atoms with E-state index in [1.807, 2.05) is 0 Å². The monoisotopic (exact) mass is 350 g/mol. The Bertz CT molecular complexity index is 289. The highest BCUT2D eigenvalue weighted by molar-refractivity contribution is 4.72. The summed E-state index contributed by atoms with van der Waals surface area (Å²) >= 11 is 0. The highest BCUT2D eigenvalue weighted by Gasteiger charge is 2.39. The van der Waals surface area contributed by atoms with Crippen LogP contribution in [0.4, 0.5) is 0 Å². The molecule has 0 N–H and O–H groups in total. The number of halogens is 2. The number of hydrogen-bond donors (Lipinski definition) is 0. The van der Waals surface area contributed by atoms with E-state index in [4.69, 9.17) is 0 Å². The molecule has 0 aromatic carbocycles. The van der Waals surface area contributed by atoms with Crippen LogP contribution in [0.25, 0.3) is 0 Å². The smallest absolute Gasteiger partial charge is 0.0916 e. The molecule has 6 heterocycles. The van der Waals surface area contributed by atoms with Gasteiger partial charge in [-0.1, -0.05) is 0 Å². The van der Waals surface area contributed by atoms with E-state index < -0.39 is 0 Å². The van der Waals surface area contributed by atoms with Gasteiger partial charge in [0.05, 0.1) is 52.4 Å². The molecule has 6 fully saturated rings. The van der Waals surface area contributed by atoms with Gasteiger partial charge in [-0.15, -0.1) is 0 Å². The first kappa shape index (κ1) is 18.8. The maximum Gasteiger partial charge on any atom is 0.0916 e. The van der Waals surface area contributed by atoms with Gasteiger partial charge in [-0.05, 0) is 0 Å². The Morgan fingerprint density at radius 2 is 0.773 bits per heavy atom. The first-order valence-electron chi connectivity index (χ1n) is 8.93. The molecular formula is C16H32Cl2N4. The second kappa shape index (κ2) is 7.54. The average molecular weight is 351 g/mol. The van der Waals surface area contributed by atoms with E-state index >= 15 is 0 Å². The third-order valence-electron chi connectivity index (χ3n) is 6.86. The van der Waals surface area contributed by atoms with E-state index in [1.54, 1.807) is 0 Å². The van der Waals surface area contributed by atoms with Crippen molar-refractivity contribution >= 4 is 0 Å². The molecule has 0 aromatic heterocycles. The van der Waals surface area contributed by atoms with Crippen molar-refractivity contribution in [1.82, 2.24) is 9.80 Å². The summed E-state index contributed by atoms with van der Waals surface area (Å²) in [6.45, 7) is 19.8. The normalized spacial score (nSPS) is 42.5. The summed E-state index contributed by atoms with van der Waals surface area (Å²) < 4.78 is 2.93. The zero-order valence-electron chi connectivity index (χ0n) is 13.9. The lowest BCUT2D eigenvalue weighted by atomic mass is 10.1. The van der Waals surface area contributed by atoms with E-state index in [0.29, 0.717) is 0 Å². The summed E-state index contributed by atoms with van der Waals surface area (Å²) in [7, 11) is 0. The zero-order chi connectivity index (χ0) is 13.5. The van der Waals surface area contributed by atoms with E-state index in [0.717, 1.165) is 0 Å². The van der Waals surface area contributed by atoms with Crippen molar-refractivity contribution < 1.29 is 33.8 Å². The molecule has 0 spiro atoms. The molecule has 0 unspecified atom stereocenters. The Morgan fingerprint density at radius 1 is 0.500 bits per heavy atom. The van der Waals surface area contributed by atoms with Gasteiger partial charge in [-0.2, -0.15) is 0 Å². The molecule has 130 valence electrons. The lowest BCUT2D eigenvalue weighted by molar-refractivity contribution is -0.946. The molecule has 4 bridgehead atoms. The first-order valence-corrected chi connectivity index (χ1v) is 8.93. The third-order valence-corrected chi connectivity index (χ3v) is 6.86. The minimum absolute atomic E-state index is 0. The molecule has 6 heteroatoms. The minimum atomic E-state index is 0. The Labute approximate surface area is 148 Å². The zero-order valence-corrected chi connectivity index (χ0v) is 15.4. The van der Waals surface area contributed by atoms with Gasteiger partial charge in [-0.25, -0.2) is 0 Å². The van der Waals surface area contributed by atoms with Crippen LogP contribution in [0.2, 0.25) is 0 Å². The van der Waals surface area contributed by atoms with E-state index in [9.17, 15) is 0 Å². The van der Waals surface area contributed by atoms with E-state index in [-0.39, 0.29) is 24.8 Å². The third kappa shape index (κ3) is 3.73. The van der Waals surface area contributed by atoms with Crippen molar-refractivity contribution in [3.05, 3.63) is 0 Å². The first-order chi connectivity index (χ1) is 9.78. The van der Waals surface area contributed by atoms with Crippen molar-refractivity contribution in [2.24, 2.45) is 0 Å². The fourth-order valence-corrected chi connectivity index (χ4v) is 5.03. The van der Waals surface area contributed by atoms with Crippen molar-refractivity contribution in [3.8, 4) is 0 Å². The van der Waals surface area contributed by atoms with Gasteiger partial charge in [0.15, 0.2) is 0 Å². The molecule has 6 aliphatic rings. The highest BCUT2D eigenvalue weighted by Crippen LogP contribution is 2.23. The summed E-state index contributed by atoms with van der Waals surface area (Å²) in [5.74, 6) is 0. The Balaban J connectivity index is 0.000000882. The number of quaternary nitrogens is 2. The fraction of sp³-hybridized carbons (Fsp3) is 1.00. The van der Waals surface area contributed by atoms with Crippen LogP contribution < -0.4 is 24.8 Å². The molecule has 0 saturated carbocycles. The molecule has 6 aliphatic heterocycles. The number of fused-ring (bicyclic) bond motifs is 6. The van der Waals surface area contributed by atoms with Gasteiger partial charge in [0.1, 0.15) is 0 Å². The van der Waals surface area contributed by atoms with Crippen LogP contribution in [0.3, 0.4) is 0 Å². The summed E-state index contributed by atoms with van der Waals surface area (Å²) in [6, 6.07) is 0. The topological polar surface area (TPSA) is 6.48 Å². The molecule has 0 aliphatic carbocycles. The lowest BCUT2D eigenvalue weighted by Gasteiger charge is -2.51. The summed E-state index contributed by atoms with van der Waals surface area (Å²) in [6.07, 6.45) is 2.95. The molecule has 0 aromatic rings. The molecule has 22 heavy (non-hydrogen) atoms.